The monoisotopic (exact) mass is 164 g/mol. The number of nitrogens with two attached hydrogens (primary N) is 1. The number of aryl methyl sites for hydroxylation is 1. The summed E-state index contributed by atoms with van der Waals surface area (Å²) in [5, 5.41) is 0. The molecular weight excluding hydrogens is 148 g/mol. The summed E-state index contributed by atoms with van der Waals surface area (Å²) in [6.07, 6.45) is 0.00519. The predicted molar refractivity (Wildman–Crippen MR) is 51.8 cm³/mol. The summed E-state index contributed by atoms with van der Waals surface area (Å²) in [7, 11) is 3.95. The molecule has 1 aromatic carbocycles. The number of hydrogen-bond donors (Lipinski definition) is 1. The van der Waals surface area contributed by atoms with Gasteiger partial charge in [0.05, 0.1) is 6.17 Å². The zero-order chi connectivity index (χ0) is 9.14. The minimum atomic E-state index is 0.00519. The molecule has 1 unspecified atom stereocenters. The van der Waals surface area contributed by atoms with Crippen LogP contribution in [0.1, 0.15) is 17.3 Å². The zero-order valence-electron chi connectivity index (χ0n) is 7.91. The lowest BCUT2D eigenvalue weighted by molar-refractivity contribution is 0.307. The van der Waals surface area contributed by atoms with E-state index in [1.165, 1.54) is 5.56 Å². The van der Waals surface area contributed by atoms with Gasteiger partial charge in [0.2, 0.25) is 0 Å². The van der Waals surface area contributed by atoms with Gasteiger partial charge < -0.3 is 5.73 Å². The topological polar surface area (TPSA) is 29.3 Å². The molecule has 0 spiro atoms. The van der Waals surface area contributed by atoms with Crippen LogP contribution >= 0.6 is 0 Å². The highest BCUT2D eigenvalue weighted by molar-refractivity contribution is 5.23. The smallest absolute Gasteiger partial charge is 0.0830 e. The van der Waals surface area contributed by atoms with Crippen molar-refractivity contribution in [2.24, 2.45) is 5.73 Å². The van der Waals surface area contributed by atoms with Crippen molar-refractivity contribution in [3.8, 4) is 0 Å². The van der Waals surface area contributed by atoms with Crippen LogP contribution in [0.15, 0.2) is 24.3 Å². The number of benzene rings is 1. The largest absolute Gasteiger partial charge is 0.312 e. The Hall–Kier alpha value is -0.860. The summed E-state index contributed by atoms with van der Waals surface area (Å²) in [5.41, 5.74) is 8.34. The Bertz CT molecular complexity index is 239. The van der Waals surface area contributed by atoms with Crippen LogP contribution in [0.4, 0.5) is 0 Å². The Morgan fingerprint density at radius 1 is 1.17 bits per heavy atom. The van der Waals surface area contributed by atoms with Gasteiger partial charge in [-0.1, -0.05) is 29.8 Å². The SMILES string of the molecule is Cc1ccc(C(N)N(C)C)cc1. The van der Waals surface area contributed by atoms with Crippen LogP contribution in [0.5, 0.6) is 0 Å². The fourth-order valence-electron chi connectivity index (χ4n) is 1.06. The molecule has 0 aliphatic heterocycles. The summed E-state index contributed by atoms with van der Waals surface area (Å²) in [6.45, 7) is 2.07. The molecule has 0 fully saturated rings. The van der Waals surface area contributed by atoms with Crippen molar-refractivity contribution in [2.45, 2.75) is 13.1 Å². The van der Waals surface area contributed by atoms with E-state index in [0.29, 0.717) is 0 Å². The Balaban J connectivity index is 2.82. The molecule has 1 rings (SSSR count). The van der Waals surface area contributed by atoms with Gasteiger partial charge >= 0.3 is 0 Å². The van der Waals surface area contributed by atoms with E-state index in [0.717, 1.165) is 5.56 Å². The van der Waals surface area contributed by atoms with Crippen LogP contribution in [0.2, 0.25) is 0 Å². The maximum atomic E-state index is 5.91. The van der Waals surface area contributed by atoms with E-state index in [9.17, 15) is 0 Å². The van der Waals surface area contributed by atoms with E-state index in [4.69, 9.17) is 5.73 Å². The quantitative estimate of drug-likeness (QED) is 0.671. The molecule has 2 nitrogen and oxygen atoms in total. The lowest BCUT2D eigenvalue weighted by Crippen LogP contribution is -2.27. The molecule has 66 valence electrons. The molecule has 1 aromatic rings. The molecule has 0 saturated heterocycles. The van der Waals surface area contributed by atoms with E-state index in [1.807, 2.05) is 19.0 Å². The maximum absolute atomic E-state index is 5.91. The van der Waals surface area contributed by atoms with Crippen LogP contribution in [0, 0.1) is 6.92 Å². The van der Waals surface area contributed by atoms with Crippen LogP contribution in [0.25, 0.3) is 0 Å². The van der Waals surface area contributed by atoms with Crippen molar-refractivity contribution in [1.82, 2.24) is 4.90 Å². The number of nitrogens with zero attached hydrogens (tertiary/aromatic N) is 1. The van der Waals surface area contributed by atoms with Gasteiger partial charge in [-0.25, -0.2) is 0 Å². The molecule has 0 aliphatic rings. The Labute approximate surface area is 74.0 Å². The average molecular weight is 164 g/mol. The average Bonchev–Trinajstić information content (AvgIpc) is 2.04. The Morgan fingerprint density at radius 2 is 1.67 bits per heavy atom. The van der Waals surface area contributed by atoms with Crippen molar-refractivity contribution >= 4 is 0 Å². The van der Waals surface area contributed by atoms with Crippen LogP contribution in [-0.4, -0.2) is 19.0 Å². The summed E-state index contributed by atoms with van der Waals surface area (Å²) < 4.78 is 0. The first-order valence-electron chi connectivity index (χ1n) is 4.10. The number of rotatable bonds is 2. The lowest BCUT2D eigenvalue weighted by Gasteiger charge is -2.19. The first kappa shape index (κ1) is 9.23. The van der Waals surface area contributed by atoms with Crippen molar-refractivity contribution in [3.63, 3.8) is 0 Å². The summed E-state index contributed by atoms with van der Waals surface area (Å²) in [4.78, 5) is 1.99. The van der Waals surface area contributed by atoms with Gasteiger partial charge in [0, 0.05) is 0 Å². The van der Waals surface area contributed by atoms with Gasteiger partial charge in [0.15, 0.2) is 0 Å². The third-order valence-corrected chi connectivity index (χ3v) is 1.98. The van der Waals surface area contributed by atoms with Crippen LogP contribution in [0.3, 0.4) is 0 Å². The second kappa shape index (κ2) is 3.70. The van der Waals surface area contributed by atoms with Gasteiger partial charge in [-0.2, -0.15) is 0 Å². The molecule has 0 saturated carbocycles. The van der Waals surface area contributed by atoms with Gasteiger partial charge in [0.1, 0.15) is 0 Å². The molecule has 0 aliphatic carbocycles. The lowest BCUT2D eigenvalue weighted by atomic mass is 10.1. The molecule has 0 heterocycles. The Morgan fingerprint density at radius 3 is 2.08 bits per heavy atom. The maximum Gasteiger partial charge on any atom is 0.0830 e. The van der Waals surface area contributed by atoms with Gasteiger partial charge in [-0.15, -0.1) is 0 Å². The van der Waals surface area contributed by atoms with E-state index in [2.05, 4.69) is 31.2 Å². The molecule has 12 heavy (non-hydrogen) atoms. The second-order valence-electron chi connectivity index (χ2n) is 3.32. The van der Waals surface area contributed by atoms with Gasteiger partial charge in [-0.3, -0.25) is 4.90 Å². The molecule has 2 N–H and O–H groups in total. The minimum absolute atomic E-state index is 0.00519. The predicted octanol–water partition coefficient (Wildman–Crippen LogP) is 1.51. The van der Waals surface area contributed by atoms with Crippen LogP contribution in [-0.2, 0) is 0 Å². The van der Waals surface area contributed by atoms with E-state index < -0.39 is 0 Å². The second-order valence-corrected chi connectivity index (χ2v) is 3.32. The van der Waals surface area contributed by atoms with Crippen molar-refractivity contribution in [2.75, 3.05) is 14.1 Å². The molecule has 2 heteroatoms. The minimum Gasteiger partial charge on any atom is -0.312 e. The fraction of sp³-hybridized carbons (Fsp3) is 0.400. The first-order valence-corrected chi connectivity index (χ1v) is 4.10. The highest BCUT2D eigenvalue weighted by atomic mass is 15.2. The van der Waals surface area contributed by atoms with E-state index in [-0.39, 0.29) is 6.17 Å². The third kappa shape index (κ3) is 2.06. The normalized spacial score (nSPS) is 13.4. The molecule has 0 radical (unpaired) electrons. The van der Waals surface area contributed by atoms with E-state index >= 15 is 0 Å². The summed E-state index contributed by atoms with van der Waals surface area (Å²) in [5.74, 6) is 0. The van der Waals surface area contributed by atoms with Crippen molar-refractivity contribution in [1.29, 1.82) is 0 Å². The summed E-state index contributed by atoms with van der Waals surface area (Å²) >= 11 is 0. The van der Waals surface area contributed by atoms with Gasteiger partial charge in [0.25, 0.3) is 0 Å². The van der Waals surface area contributed by atoms with E-state index in [1.54, 1.807) is 0 Å². The molecular formula is C10H16N2. The molecule has 0 aromatic heterocycles. The zero-order valence-corrected chi connectivity index (χ0v) is 7.91. The third-order valence-electron chi connectivity index (χ3n) is 1.98. The van der Waals surface area contributed by atoms with Gasteiger partial charge in [-0.05, 0) is 26.6 Å². The molecule has 0 amide bonds. The standard InChI is InChI=1S/C10H16N2/c1-8-4-6-9(7-5-8)10(11)12(2)3/h4-7,10H,11H2,1-3H3. The Kier molecular flexibility index (Phi) is 2.84. The fourth-order valence-corrected chi connectivity index (χ4v) is 1.06. The molecule has 1 atom stereocenters. The van der Waals surface area contributed by atoms with Crippen molar-refractivity contribution < 1.29 is 0 Å². The van der Waals surface area contributed by atoms with Crippen molar-refractivity contribution in [3.05, 3.63) is 35.4 Å². The number of hydrogen-bond acceptors (Lipinski definition) is 2. The summed E-state index contributed by atoms with van der Waals surface area (Å²) in [6, 6.07) is 8.30. The highest BCUT2D eigenvalue weighted by Gasteiger charge is 2.06. The first-order chi connectivity index (χ1) is 5.61. The molecule has 0 bridgehead atoms. The van der Waals surface area contributed by atoms with Crippen LogP contribution < -0.4 is 5.73 Å². The highest BCUT2D eigenvalue weighted by Crippen LogP contribution is 2.12.